The molecule has 1 fully saturated rings. The number of nitrogens with zero attached hydrogens (tertiary/aromatic N) is 1. The van der Waals surface area contributed by atoms with Gasteiger partial charge in [0.05, 0.1) is 19.1 Å². The molecule has 1 aliphatic rings. The number of benzene rings is 1. The molecule has 2 rings (SSSR count). The molecule has 1 heterocycles. The highest BCUT2D eigenvalue weighted by Gasteiger charge is 2.31. The summed E-state index contributed by atoms with van der Waals surface area (Å²) in [4.78, 5) is 25.2. The Morgan fingerprint density at radius 1 is 1.17 bits per heavy atom. The van der Waals surface area contributed by atoms with Crippen LogP contribution in [-0.4, -0.2) is 48.2 Å². The first-order valence-corrected chi connectivity index (χ1v) is 8.48. The number of amides is 1. The summed E-state index contributed by atoms with van der Waals surface area (Å²) in [7, 11) is 0. The van der Waals surface area contributed by atoms with Gasteiger partial charge < -0.3 is 19.5 Å². The first kappa shape index (κ1) is 18.1. The number of hydrogen-bond donors (Lipinski definition) is 1. The summed E-state index contributed by atoms with van der Waals surface area (Å²) < 4.78 is 11.4. The molecule has 1 atom stereocenters. The number of carboxylic acid groups (broad SMARTS) is 1. The van der Waals surface area contributed by atoms with E-state index in [1.807, 2.05) is 13.8 Å². The van der Waals surface area contributed by atoms with E-state index < -0.39 is 11.9 Å². The van der Waals surface area contributed by atoms with Crippen molar-refractivity contribution in [3.05, 3.63) is 23.8 Å². The molecule has 0 aromatic heterocycles. The minimum atomic E-state index is -0.847. The van der Waals surface area contributed by atoms with Crippen LogP contribution in [0.15, 0.2) is 18.2 Å². The summed E-state index contributed by atoms with van der Waals surface area (Å²) in [5.74, 6) is -0.295. The van der Waals surface area contributed by atoms with E-state index in [2.05, 4.69) is 0 Å². The van der Waals surface area contributed by atoms with Gasteiger partial charge in [-0.05, 0) is 37.5 Å². The summed E-state index contributed by atoms with van der Waals surface area (Å²) in [6.07, 6.45) is 2.24. The molecular formula is C18H25NO5. The second-order valence-corrected chi connectivity index (χ2v) is 5.93. The third-order valence-electron chi connectivity index (χ3n) is 3.94. The Kier molecular flexibility index (Phi) is 6.46. The third-order valence-corrected chi connectivity index (χ3v) is 3.94. The fourth-order valence-electron chi connectivity index (χ4n) is 2.63. The van der Waals surface area contributed by atoms with Crippen LogP contribution in [0.5, 0.6) is 11.5 Å². The zero-order chi connectivity index (χ0) is 17.5. The van der Waals surface area contributed by atoms with Gasteiger partial charge in [-0.1, -0.05) is 13.8 Å². The molecule has 132 valence electrons. The van der Waals surface area contributed by atoms with E-state index in [-0.39, 0.29) is 12.5 Å². The first-order valence-electron chi connectivity index (χ1n) is 8.48. The van der Waals surface area contributed by atoms with E-state index in [1.54, 1.807) is 23.1 Å². The van der Waals surface area contributed by atoms with E-state index in [0.29, 0.717) is 43.2 Å². The number of aliphatic carboxylic acids is 1. The van der Waals surface area contributed by atoms with Gasteiger partial charge in [0.15, 0.2) is 11.5 Å². The largest absolute Gasteiger partial charge is 0.490 e. The molecule has 1 amide bonds. The third kappa shape index (κ3) is 4.40. The summed E-state index contributed by atoms with van der Waals surface area (Å²) in [5.41, 5.74) is 0.496. The lowest BCUT2D eigenvalue weighted by Gasteiger charge is -2.18. The zero-order valence-electron chi connectivity index (χ0n) is 14.3. The number of hydrogen-bond acceptors (Lipinski definition) is 4. The fraction of sp³-hybridized carbons (Fsp3) is 0.556. The first-order chi connectivity index (χ1) is 11.6. The van der Waals surface area contributed by atoms with Crippen molar-refractivity contribution in [3.63, 3.8) is 0 Å². The van der Waals surface area contributed by atoms with Crippen molar-refractivity contribution in [2.24, 2.45) is 5.92 Å². The van der Waals surface area contributed by atoms with Crippen LogP contribution in [-0.2, 0) is 4.79 Å². The molecule has 1 saturated heterocycles. The molecule has 1 aromatic rings. The number of rotatable bonds is 8. The molecule has 0 unspecified atom stereocenters. The van der Waals surface area contributed by atoms with E-state index in [1.165, 1.54) is 0 Å². The lowest BCUT2D eigenvalue weighted by atomic mass is 10.1. The van der Waals surface area contributed by atoms with Crippen molar-refractivity contribution in [1.29, 1.82) is 0 Å². The van der Waals surface area contributed by atoms with Gasteiger partial charge in [0.2, 0.25) is 0 Å². The molecule has 0 aliphatic carbocycles. The monoisotopic (exact) mass is 335 g/mol. The SMILES string of the molecule is CCCOc1ccc(C(=O)N2CC[C@H](C(=O)O)C2)cc1OCCC. The molecule has 0 saturated carbocycles. The average molecular weight is 335 g/mol. The maximum Gasteiger partial charge on any atom is 0.308 e. The summed E-state index contributed by atoms with van der Waals surface area (Å²) in [6, 6.07) is 5.15. The smallest absolute Gasteiger partial charge is 0.308 e. The van der Waals surface area contributed by atoms with Crippen molar-refractivity contribution in [2.45, 2.75) is 33.1 Å². The number of likely N-dealkylation sites (tertiary alicyclic amines) is 1. The topological polar surface area (TPSA) is 76.1 Å². The highest BCUT2D eigenvalue weighted by molar-refractivity contribution is 5.95. The van der Waals surface area contributed by atoms with E-state index in [4.69, 9.17) is 14.6 Å². The number of carboxylic acids is 1. The van der Waals surface area contributed by atoms with E-state index in [0.717, 1.165) is 12.8 Å². The molecule has 6 nitrogen and oxygen atoms in total. The van der Waals surface area contributed by atoms with Gasteiger partial charge in [-0.2, -0.15) is 0 Å². The maximum absolute atomic E-state index is 12.6. The van der Waals surface area contributed by atoms with Crippen molar-refractivity contribution >= 4 is 11.9 Å². The van der Waals surface area contributed by atoms with E-state index >= 15 is 0 Å². The Morgan fingerprint density at radius 2 is 1.83 bits per heavy atom. The van der Waals surface area contributed by atoms with Crippen molar-refractivity contribution in [1.82, 2.24) is 4.90 Å². The lowest BCUT2D eigenvalue weighted by Crippen LogP contribution is -2.29. The zero-order valence-corrected chi connectivity index (χ0v) is 14.3. The van der Waals surface area contributed by atoms with Crippen LogP contribution in [0, 0.1) is 5.92 Å². The molecular weight excluding hydrogens is 310 g/mol. The van der Waals surface area contributed by atoms with Crippen molar-refractivity contribution in [3.8, 4) is 11.5 Å². The summed E-state index contributed by atoms with van der Waals surface area (Å²) >= 11 is 0. The molecule has 0 radical (unpaired) electrons. The van der Waals surface area contributed by atoms with Gasteiger partial charge in [-0.15, -0.1) is 0 Å². The van der Waals surface area contributed by atoms with Crippen molar-refractivity contribution < 1.29 is 24.2 Å². The Hall–Kier alpha value is -2.24. The van der Waals surface area contributed by atoms with Crippen LogP contribution >= 0.6 is 0 Å². The van der Waals surface area contributed by atoms with Gasteiger partial charge in [-0.3, -0.25) is 9.59 Å². The summed E-state index contributed by atoms with van der Waals surface area (Å²) in [6.45, 7) is 5.89. The summed E-state index contributed by atoms with van der Waals surface area (Å²) in [5, 5.41) is 9.07. The molecule has 1 N–H and O–H groups in total. The van der Waals surface area contributed by atoms with E-state index in [9.17, 15) is 9.59 Å². The lowest BCUT2D eigenvalue weighted by molar-refractivity contribution is -0.141. The minimum Gasteiger partial charge on any atom is -0.490 e. The van der Waals surface area contributed by atoms with Crippen molar-refractivity contribution in [2.75, 3.05) is 26.3 Å². The normalized spacial score (nSPS) is 16.9. The van der Waals surface area contributed by atoms with Crippen LogP contribution in [0.2, 0.25) is 0 Å². The average Bonchev–Trinajstić information content (AvgIpc) is 3.08. The van der Waals surface area contributed by atoms with Crippen LogP contribution in [0.25, 0.3) is 0 Å². The predicted molar refractivity (Wildman–Crippen MR) is 89.7 cm³/mol. The van der Waals surface area contributed by atoms with Crippen LogP contribution in [0.4, 0.5) is 0 Å². The number of carbonyl (C=O) groups is 2. The van der Waals surface area contributed by atoms with Crippen LogP contribution < -0.4 is 9.47 Å². The highest BCUT2D eigenvalue weighted by atomic mass is 16.5. The quantitative estimate of drug-likeness (QED) is 0.790. The number of ether oxygens (including phenoxy) is 2. The number of carbonyl (C=O) groups excluding carboxylic acids is 1. The molecule has 0 bridgehead atoms. The van der Waals surface area contributed by atoms with Crippen LogP contribution in [0.1, 0.15) is 43.5 Å². The molecule has 0 spiro atoms. The standard InChI is InChI=1S/C18H25NO5/c1-3-9-23-15-6-5-13(11-16(15)24-10-4-2)17(20)19-8-7-14(12-19)18(21)22/h5-6,11,14H,3-4,7-10,12H2,1-2H3,(H,21,22)/t14-/m0/s1. The van der Waals surface area contributed by atoms with Gasteiger partial charge in [0.25, 0.3) is 5.91 Å². The second-order valence-electron chi connectivity index (χ2n) is 5.93. The molecule has 1 aromatic carbocycles. The Bertz CT molecular complexity index is 587. The molecule has 6 heteroatoms. The second kappa shape index (κ2) is 8.57. The predicted octanol–water partition coefficient (Wildman–Crippen LogP) is 2.81. The van der Waals surface area contributed by atoms with Gasteiger partial charge in [-0.25, -0.2) is 0 Å². The molecule has 24 heavy (non-hydrogen) atoms. The highest BCUT2D eigenvalue weighted by Crippen LogP contribution is 2.30. The fourth-order valence-corrected chi connectivity index (χ4v) is 2.63. The maximum atomic E-state index is 12.6. The van der Waals surface area contributed by atoms with Crippen LogP contribution in [0.3, 0.4) is 0 Å². The Labute approximate surface area is 142 Å². The van der Waals surface area contributed by atoms with Gasteiger partial charge >= 0.3 is 5.97 Å². The van der Waals surface area contributed by atoms with Gasteiger partial charge in [0, 0.05) is 18.7 Å². The Morgan fingerprint density at radius 3 is 2.42 bits per heavy atom. The minimum absolute atomic E-state index is 0.165. The molecule has 1 aliphatic heterocycles. The Balaban J connectivity index is 2.14. The van der Waals surface area contributed by atoms with Gasteiger partial charge in [0.1, 0.15) is 0 Å².